The molecular formula is C26H26N6O5S. The van der Waals surface area contributed by atoms with Crippen molar-refractivity contribution in [2.75, 3.05) is 49.7 Å². The normalized spacial score (nSPS) is 14.2. The summed E-state index contributed by atoms with van der Waals surface area (Å²) in [6.45, 7) is 2.16. The van der Waals surface area contributed by atoms with Gasteiger partial charge >= 0.3 is 0 Å². The van der Waals surface area contributed by atoms with Gasteiger partial charge in [-0.1, -0.05) is 53.8 Å². The van der Waals surface area contributed by atoms with Gasteiger partial charge in [0.05, 0.1) is 25.5 Å². The average molecular weight is 535 g/mol. The SMILES string of the molecule is O=C(Nc1ccccc1-c1nnc(N2CCOCC2)s1)c1cc(OCC(O)CO)nc(-c2ccccc2)n1. The highest BCUT2D eigenvalue weighted by Crippen LogP contribution is 2.34. The standard InChI is InChI=1S/C26H26N6O5S/c33-15-18(34)16-37-22-14-21(27-23(29-22)17-6-2-1-3-7-17)24(35)28-20-9-5-4-8-19(20)25-30-31-26(38-25)32-10-12-36-13-11-32/h1-9,14,18,33-34H,10-13,15-16H2,(H,28,35). The van der Waals surface area contributed by atoms with Gasteiger partial charge in [0.2, 0.25) is 11.0 Å². The van der Waals surface area contributed by atoms with E-state index in [1.54, 1.807) is 6.07 Å². The number of ether oxygens (including phenoxy) is 2. The predicted molar refractivity (Wildman–Crippen MR) is 142 cm³/mol. The van der Waals surface area contributed by atoms with Crippen LogP contribution in [0, 0.1) is 0 Å². The van der Waals surface area contributed by atoms with Gasteiger partial charge in [0, 0.05) is 30.3 Å². The van der Waals surface area contributed by atoms with E-state index in [2.05, 4.69) is 30.4 Å². The Morgan fingerprint density at radius 3 is 2.63 bits per heavy atom. The molecule has 1 aliphatic rings. The van der Waals surface area contributed by atoms with Crippen LogP contribution in [-0.4, -0.2) is 81.9 Å². The molecule has 11 nitrogen and oxygen atoms in total. The maximum atomic E-state index is 13.4. The smallest absolute Gasteiger partial charge is 0.274 e. The highest BCUT2D eigenvalue weighted by molar-refractivity contribution is 7.18. The van der Waals surface area contributed by atoms with Gasteiger partial charge in [-0.3, -0.25) is 4.79 Å². The summed E-state index contributed by atoms with van der Waals surface area (Å²) in [4.78, 5) is 24.3. The molecule has 1 unspecified atom stereocenters. The lowest BCUT2D eigenvalue weighted by Gasteiger charge is -2.25. The number of carbonyl (C=O) groups excluding carboxylic acids is 1. The van der Waals surface area contributed by atoms with E-state index in [0.29, 0.717) is 35.3 Å². The number of morpholine rings is 1. The van der Waals surface area contributed by atoms with Gasteiger partial charge in [-0.15, -0.1) is 10.2 Å². The van der Waals surface area contributed by atoms with Crippen LogP contribution in [0.3, 0.4) is 0 Å². The topological polar surface area (TPSA) is 143 Å². The Balaban J connectivity index is 1.41. The summed E-state index contributed by atoms with van der Waals surface area (Å²) in [6.07, 6.45) is -1.08. The van der Waals surface area contributed by atoms with Crippen molar-refractivity contribution in [3.05, 3.63) is 66.4 Å². The quantitative estimate of drug-likeness (QED) is 0.293. The number of amides is 1. The Labute approximate surface area is 222 Å². The van der Waals surface area contributed by atoms with Crippen molar-refractivity contribution in [3.8, 4) is 27.8 Å². The fraction of sp³-hybridized carbons (Fsp3) is 0.269. The van der Waals surface area contributed by atoms with E-state index in [1.807, 2.05) is 48.5 Å². The molecule has 12 heteroatoms. The molecule has 1 atom stereocenters. The fourth-order valence-electron chi connectivity index (χ4n) is 3.74. The number of carbonyl (C=O) groups is 1. The number of anilines is 2. The number of para-hydroxylation sites is 1. The van der Waals surface area contributed by atoms with Crippen LogP contribution in [-0.2, 0) is 4.74 Å². The molecule has 196 valence electrons. The van der Waals surface area contributed by atoms with Crippen molar-refractivity contribution in [2.24, 2.45) is 0 Å². The van der Waals surface area contributed by atoms with Gasteiger partial charge < -0.3 is 29.9 Å². The molecule has 1 aliphatic heterocycles. The molecule has 5 rings (SSSR count). The third kappa shape index (κ3) is 6.11. The van der Waals surface area contributed by atoms with Gasteiger partial charge in [0.1, 0.15) is 18.4 Å². The van der Waals surface area contributed by atoms with Gasteiger partial charge in [-0.05, 0) is 12.1 Å². The van der Waals surface area contributed by atoms with Gasteiger partial charge in [-0.2, -0.15) is 4.98 Å². The van der Waals surface area contributed by atoms with Crippen molar-refractivity contribution < 1.29 is 24.5 Å². The summed E-state index contributed by atoms with van der Waals surface area (Å²) < 4.78 is 11.0. The Morgan fingerprint density at radius 1 is 1.08 bits per heavy atom. The summed E-state index contributed by atoms with van der Waals surface area (Å²) in [7, 11) is 0. The summed E-state index contributed by atoms with van der Waals surface area (Å²) in [5.41, 5.74) is 2.06. The Hall–Kier alpha value is -3.97. The molecule has 3 heterocycles. The van der Waals surface area contributed by atoms with E-state index >= 15 is 0 Å². The lowest BCUT2D eigenvalue weighted by Crippen LogP contribution is -2.36. The molecule has 2 aromatic heterocycles. The molecule has 0 saturated carbocycles. The van der Waals surface area contributed by atoms with E-state index < -0.39 is 18.6 Å². The van der Waals surface area contributed by atoms with Crippen LogP contribution in [0.4, 0.5) is 10.8 Å². The van der Waals surface area contributed by atoms with Gasteiger partial charge in [-0.25, -0.2) is 4.98 Å². The fourth-order valence-corrected chi connectivity index (χ4v) is 4.67. The van der Waals surface area contributed by atoms with E-state index in [4.69, 9.17) is 14.6 Å². The molecule has 4 aromatic rings. The number of aromatic nitrogens is 4. The number of rotatable bonds is 9. The Kier molecular flexibility index (Phi) is 8.14. The minimum absolute atomic E-state index is 0.0772. The van der Waals surface area contributed by atoms with Gasteiger partial charge in [0.25, 0.3) is 5.91 Å². The molecule has 3 N–H and O–H groups in total. The van der Waals surface area contributed by atoms with Crippen LogP contribution in [0.25, 0.3) is 22.0 Å². The van der Waals surface area contributed by atoms with Crippen molar-refractivity contribution in [2.45, 2.75) is 6.10 Å². The van der Waals surface area contributed by atoms with Crippen molar-refractivity contribution in [3.63, 3.8) is 0 Å². The number of hydrogen-bond acceptors (Lipinski definition) is 11. The number of benzene rings is 2. The molecule has 0 radical (unpaired) electrons. The molecule has 1 saturated heterocycles. The summed E-state index contributed by atoms with van der Waals surface area (Å²) in [5, 5.41) is 31.9. The van der Waals surface area contributed by atoms with Crippen LogP contribution in [0.15, 0.2) is 60.7 Å². The van der Waals surface area contributed by atoms with E-state index in [0.717, 1.165) is 23.8 Å². The number of aliphatic hydroxyl groups is 2. The zero-order chi connectivity index (χ0) is 26.3. The molecule has 38 heavy (non-hydrogen) atoms. The number of nitrogens with zero attached hydrogens (tertiary/aromatic N) is 5. The maximum absolute atomic E-state index is 13.4. The van der Waals surface area contributed by atoms with Crippen molar-refractivity contribution in [1.29, 1.82) is 0 Å². The highest BCUT2D eigenvalue weighted by atomic mass is 32.1. The van der Waals surface area contributed by atoms with Crippen molar-refractivity contribution >= 4 is 28.1 Å². The molecule has 1 fully saturated rings. The summed E-state index contributed by atoms with van der Waals surface area (Å²) >= 11 is 1.45. The Morgan fingerprint density at radius 2 is 1.84 bits per heavy atom. The zero-order valence-electron chi connectivity index (χ0n) is 20.4. The van der Waals surface area contributed by atoms with E-state index in [1.165, 1.54) is 17.4 Å². The third-order valence-corrected chi connectivity index (χ3v) is 6.72. The van der Waals surface area contributed by atoms with Crippen molar-refractivity contribution in [1.82, 2.24) is 20.2 Å². The van der Waals surface area contributed by atoms with E-state index in [9.17, 15) is 9.90 Å². The lowest BCUT2D eigenvalue weighted by atomic mass is 10.2. The average Bonchev–Trinajstić information content (AvgIpc) is 3.47. The van der Waals surface area contributed by atoms with Gasteiger partial charge in [0.15, 0.2) is 10.8 Å². The first-order chi connectivity index (χ1) is 18.6. The first-order valence-electron chi connectivity index (χ1n) is 12.0. The van der Waals surface area contributed by atoms with E-state index in [-0.39, 0.29) is 18.2 Å². The zero-order valence-corrected chi connectivity index (χ0v) is 21.2. The van der Waals surface area contributed by atoms with Crippen LogP contribution in [0.2, 0.25) is 0 Å². The minimum atomic E-state index is -1.08. The van der Waals surface area contributed by atoms with Crippen LogP contribution in [0.5, 0.6) is 5.88 Å². The van der Waals surface area contributed by atoms with Crippen LogP contribution in [0.1, 0.15) is 10.5 Å². The monoisotopic (exact) mass is 534 g/mol. The summed E-state index contributed by atoms with van der Waals surface area (Å²) in [5.74, 6) is -0.0779. The molecule has 2 aromatic carbocycles. The largest absolute Gasteiger partial charge is 0.475 e. The summed E-state index contributed by atoms with van der Waals surface area (Å²) in [6, 6.07) is 17.9. The lowest BCUT2D eigenvalue weighted by molar-refractivity contribution is 0.0520. The van der Waals surface area contributed by atoms with Crippen LogP contribution < -0.4 is 15.0 Å². The number of hydrogen-bond donors (Lipinski definition) is 3. The first kappa shape index (κ1) is 25.7. The molecule has 0 spiro atoms. The molecule has 0 bridgehead atoms. The van der Waals surface area contributed by atoms with Crippen LogP contribution >= 0.6 is 11.3 Å². The number of aliphatic hydroxyl groups excluding tert-OH is 2. The second-order valence-electron chi connectivity index (χ2n) is 8.42. The maximum Gasteiger partial charge on any atom is 0.274 e. The highest BCUT2D eigenvalue weighted by Gasteiger charge is 2.20. The first-order valence-corrected chi connectivity index (χ1v) is 12.9. The molecular weight excluding hydrogens is 508 g/mol. The predicted octanol–water partition coefficient (Wildman–Crippen LogP) is 2.48. The molecule has 0 aliphatic carbocycles. The second-order valence-corrected chi connectivity index (χ2v) is 9.37. The second kappa shape index (κ2) is 12.0. The Bertz CT molecular complexity index is 1380. The molecule has 1 amide bonds. The number of nitrogens with one attached hydrogen (secondary N) is 1. The third-order valence-electron chi connectivity index (χ3n) is 5.70. The minimum Gasteiger partial charge on any atom is -0.475 e.